The van der Waals surface area contributed by atoms with E-state index in [0.29, 0.717) is 22.3 Å². The van der Waals surface area contributed by atoms with Gasteiger partial charge in [-0.2, -0.15) is 0 Å². The first kappa shape index (κ1) is 20.1. The van der Waals surface area contributed by atoms with Crippen molar-refractivity contribution in [2.45, 2.75) is 59.3 Å². The number of benzene rings is 2. The lowest BCUT2D eigenvalue weighted by Crippen LogP contribution is -2.20. The Hall–Kier alpha value is -2.68. The van der Waals surface area contributed by atoms with Crippen LogP contribution >= 0.6 is 0 Å². The summed E-state index contributed by atoms with van der Waals surface area (Å²) in [5, 5.41) is 10.9. The molecule has 0 heterocycles. The van der Waals surface area contributed by atoms with E-state index in [1.54, 1.807) is 12.1 Å². The number of Topliss-reactive ketones (excluding diaryl/α,β-unsaturated/α-hetero) is 1. The number of carbonyl (C=O) groups is 2. The zero-order valence-electron chi connectivity index (χ0n) is 17.7. The van der Waals surface area contributed by atoms with Crippen LogP contribution in [0.2, 0.25) is 0 Å². The van der Waals surface area contributed by atoms with Crippen LogP contribution in [0.25, 0.3) is 5.57 Å². The zero-order chi connectivity index (χ0) is 21.0. The molecule has 1 aliphatic rings. The lowest BCUT2D eigenvalue weighted by atomic mass is 9.76. The molecular formula is C25H28O3. The maximum atomic E-state index is 13.2. The van der Waals surface area contributed by atoms with Crippen LogP contribution in [0.4, 0.5) is 0 Å². The molecule has 0 bridgehead atoms. The van der Waals surface area contributed by atoms with Gasteiger partial charge in [0.15, 0.2) is 11.6 Å². The van der Waals surface area contributed by atoms with Crippen LogP contribution in [-0.2, 0) is 10.8 Å². The summed E-state index contributed by atoms with van der Waals surface area (Å²) < 4.78 is 0. The van der Waals surface area contributed by atoms with Gasteiger partial charge in [-0.3, -0.25) is 9.59 Å². The third kappa shape index (κ3) is 3.42. The van der Waals surface area contributed by atoms with E-state index in [0.717, 1.165) is 16.7 Å². The number of rotatable bonds is 1. The van der Waals surface area contributed by atoms with Crippen molar-refractivity contribution in [3.63, 3.8) is 0 Å². The molecule has 0 saturated carbocycles. The summed E-state index contributed by atoms with van der Waals surface area (Å²) in [5.74, 6) is -0.0500. The van der Waals surface area contributed by atoms with E-state index < -0.39 is 0 Å². The molecule has 0 saturated heterocycles. The van der Waals surface area contributed by atoms with Crippen LogP contribution in [0.15, 0.2) is 36.4 Å². The summed E-state index contributed by atoms with van der Waals surface area (Å²) >= 11 is 0. The summed E-state index contributed by atoms with van der Waals surface area (Å²) in [4.78, 5) is 25.9. The number of fused-ring (bicyclic) bond motifs is 1. The number of ketones is 2. The van der Waals surface area contributed by atoms with Gasteiger partial charge in [-0.15, -0.1) is 0 Å². The highest BCUT2D eigenvalue weighted by atomic mass is 16.3. The second-order valence-electron chi connectivity index (χ2n) is 9.72. The van der Waals surface area contributed by atoms with Gasteiger partial charge in [0.2, 0.25) is 0 Å². The van der Waals surface area contributed by atoms with Crippen molar-refractivity contribution in [3.05, 3.63) is 69.8 Å². The lowest BCUT2D eigenvalue weighted by Gasteiger charge is -2.29. The maximum absolute atomic E-state index is 13.2. The van der Waals surface area contributed by atoms with E-state index in [1.807, 2.05) is 66.7 Å². The highest BCUT2D eigenvalue weighted by molar-refractivity contribution is 6.38. The van der Waals surface area contributed by atoms with Gasteiger partial charge in [0.25, 0.3) is 0 Å². The molecule has 0 atom stereocenters. The van der Waals surface area contributed by atoms with E-state index in [1.165, 1.54) is 6.08 Å². The zero-order valence-corrected chi connectivity index (χ0v) is 17.7. The van der Waals surface area contributed by atoms with Gasteiger partial charge in [-0.1, -0.05) is 59.2 Å². The molecule has 28 heavy (non-hydrogen) atoms. The Bertz CT molecular complexity index is 990. The Morgan fingerprint density at radius 3 is 1.82 bits per heavy atom. The second kappa shape index (κ2) is 6.44. The van der Waals surface area contributed by atoms with E-state index in [4.69, 9.17) is 0 Å². The Kier molecular flexibility index (Phi) is 4.61. The number of aryl methyl sites for hydroxylation is 1. The molecule has 0 spiro atoms. The topological polar surface area (TPSA) is 54.4 Å². The molecule has 1 N–H and O–H groups in total. The fourth-order valence-electron chi connectivity index (χ4n) is 3.63. The minimum absolute atomic E-state index is 0.153. The molecule has 3 rings (SSSR count). The van der Waals surface area contributed by atoms with Gasteiger partial charge < -0.3 is 5.11 Å². The Morgan fingerprint density at radius 2 is 1.32 bits per heavy atom. The summed E-state index contributed by atoms with van der Waals surface area (Å²) in [6.07, 6.45) is 1.44. The summed E-state index contributed by atoms with van der Waals surface area (Å²) in [7, 11) is 0. The first-order valence-corrected chi connectivity index (χ1v) is 9.60. The predicted molar refractivity (Wildman–Crippen MR) is 113 cm³/mol. The molecule has 0 radical (unpaired) electrons. The van der Waals surface area contributed by atoms with Crippen molar-refractivity contribution in [1.29, 1.82) is 0 Å². The quantitative estimate of drug-likeness (QED) is 0.688. The predicted octanol–water partition coefficient (Wildman–Crippen LogP) is 5.76. The van der Waals surface area contributed by atoms with E-state index in [9.17, 15) is 14.7 Å². The minimum Gasteiger partial charge on any atom is -0.507 e. The molecule has 0 unspecified atom stereocenters. The number of phenols is 1. The van der Waals surface area contributed by atoms with Crippen LogP contribution in [0.5, 0.6) is 5.75 Å². The number of aromatic hydroxyl groups is 1. The third-order valence-electron chi connectivity index (χ3n) is 5.24. The van der Waals surface area contributed by atoms with Crippen molar-refractivity contribution in [3.8, 4) is 5.75 Å². The van der Waals surface area contributed by atoms with Crippen molar-refractivity contribution in [1.82, 2.24) is 0 Å². The molecule has 3 nitrogen and oxygen atoms in total. The average Bonchev–Trinajstić information content (AvgIpc) is 2.56. The number of allylic oxidation sites excluding steroid dienone is 2. The Labute approximate surface area is 167 Å². The minimum atomic E-state index is -0.308. The molecule has 2 aromatic rings. The molecular weight excluding hydrogens is 348 g/mol. The summed E-state index contributed by atoms with van der Waals surface area (Å²) in [5.41, 5.74) is 3.84. The van der Waals surface area contributed by atoms with Crippen LogP contribution < -0.4 is 0 Å². The largest absolute Gasteiger partial charge is 0.507 e. The van der Waals surface area contributed by atoms with Crippen molar-refractivity contribution in [2.24, 2.45) is 0 Å². The summed E-state index contributed by atoms with van der Waals surface area (Å²) in [6, 6.07) is 9.04. The number of hydrogen-bond acceptors (Lipinski definition) is 3. The van der Waals surface area contributed by atoms with Crippen molar-refractivity contribution >= 4 is 17.1 Å². The highest BCUT2D eigenvalue weighted by Gasteiger charge is 2.31. The normalized spacial score (nSPS) is 14.8. The Morgan fingerprint density at radius 1 is 0.786 bits per heavy atom. The fraction of sp³-hybridized carbons (Fsp3) is 0.360. The molecule has 3 heteroatoms. The molecule has 2 aromatic carbocycles. The van der Waals surface area contributed by atoms with Gasteiger partial charge >= 0.3 is 0 Å². The monoisotopic (exact) mass is 376 g/mol. The van der Waals surface area contributed by atoms with E-state index >= 15 is 0 Å². The molecule has 1 aliphatic carbocycles. The van der Waals surface area contributed by atoms with Gasteiger partial charge in [0, 0.05) is 27.8 Å². The van der Waals surface area contributed by atoms with Gasteiger partial charge in [0.1, 0.15) is 5.75 Å². The smallest absolute Gasteiger partial charge is 0.194 e. The van der Waals surface area contributed by atoms with Gasteiger partial charge in [0.05, 0.1) is 0 Å². The first-order chi connectivity index (χ1) is 12.8. The number of carbonyl (C=O) groups excluding carboxylic acids is 2. The van der Waals surface area contributed by atoms with Crippen molar-refractivity contribution in [2.75, 3.05) is 0 Å². The summed E-state index contributed by atoms with van der Waals surface area (Å²) in [6.45, 7) is 14.1. The van der Waals surface area contributed by atoms with Crippen molar-refractivity contribution < 1.29 is 14.7 Å². The van der Waals surface area contributed by atoms with Crippen LogP contribution in [-0.4, -0.2) is 16.7 Å². The highest BCUT2D eigenvalue weighted by Crippen LogP contribution is 2.42. The molecule has 0 aliphatic heterocycles. The second-order valence-corrected chi connectivity index (χ2v) is 9.72. The van der Waals surface area contributed by atoms with Crippen LogP contribution in [0, 0.1) is 6.92 Å². The molecule has 0 aromatic heterocycles. The molecule has 146 valence electrons. The Balaban J connectivity index is 2.26. The van der Waals surface area contributed by atoms with Gasteiger partial charge in [-0.25, -0.2) is 0 Å². The fourth-order valence-corrected chi connectivity index (χ4v) is 3.63. The van der Waals surface area contributed by atoms with E-state index in [2.05, 4.69) is 0 Å². The number of phenolic OH excluding ortho intramolecular Hbond substituents is 1. The van der Waals surface area contributed by atoms with Crippen LogP contribution in [0.3, 0.4) is 0 Å². The molecule has 0 amide bonds. The molecule has 0 fully saturated rings. The maximum Gasteiger partial charge on any atom is 0.194 e. The number of hydrogen-bond donors (Lipinski definition) is 1. The van der Waals surface area contributed by atoms with Gasteiger partial charge in [-0.05, 0) is 47.6 Å². The van der Waals surface area contributed by atoms with E-state index in [-0.39, 0.29) is 28.1 Å². The third-order valence-corrected chi connectivity index (χ3v) is 5.24. The van der Waals surface area contributed by atoms with Crippen LogP contribution in [0.1, 0.15) is 84.5 Å². The lowest BCUT2D eigenvalue weighted by molar-refractivity contribution is 0.100. The first-order valence-electron chi connectivity index (χ1n) is 9.60. The SMILES string of the molecule is Cc1ccc2c(c1)C(=O)C=C(c1cc(C(C)(C)C)c(O)c(C(C)(C)C)c1)C2=O. The average molecular weight is 376 g/mol. The standard InChI is InChI=1S/C25H28O3/c1-14-8-9-16-18(10-14)21(26)13-17(22(16)27)15-11-19(24(2,3)4)23(28)20(12-15)25(5,6)7/h8-13,28H,1-7H3.